The number of piperidine rings is 1. The number of oxazole rings is 1. The number of nitrogen functional groups attached to an aromatic ring is 2. The molecule has 5 aromatic rings. The van der Waals surface area contributed by atoms with E-state index in [1.807, 2.05) is 65.9 Å². The molecule has 35 heteroatoms. The number of alkyl carbamates (subject to hydrolysis) is 1. The number of benzene rings is 2. The summed E-state index contributed by atoms with van der Waals surface area (Å²) in [6.45, 7) is 18.0. The van der Waals surface area contributed by atoms with Gasteiger partial charge in [-0.05, 0) is 142 Å². The summed E-state index contributed by atoms with van der Waals surface area (Å²) >= 11 is 0. The summed E-state index contributed by atoms with van der Waals surface area (Å²) in [5.41, 5.74) is 26.5. The van der Waals surface area contributed by atoms with E-state index < -0.39 is 114 Å². The molecule has 1 saturated carbocycles. The first kappa shape index (κ1) is 99.6. The van der Waals surface area contributed by atoms with Crippen molar-refractivity contribution in [2.75, 3.05) is 151 Å². The zero-order chi connectivity index (χ0) is 90.2. The van der Waals surface area contributed by atoms with Gasteiger partial charge in [0.05, 0.1) is 148 Å². The van der Waals surface area contributed by atoms with Gasteiger partial charge in [-0.25, -0.2) is 24.2 Å². The van der Waals surface area contributed by atoms with Crippen molar-refractivity contribution in [3.05, 3.63) is 107 Å². The van der Waals surface area contributed by atoms with Gasteiger partial charge in [-0.15, -0.1) is 0 Å². The van der Waals surface area contributed by atoms with Crippen molar-refractivity contribution in [3.63, 3.8) is 0 Å². The predicted molar refractivity (Wildman–Crippen MR) is 465 cm³/mol. The Bertz CT molecular complexity index is 4440. The lowest BCUT2D eigenvalue weighted by Crippen LogP contribution is -2.61. The van der Waals surface area contributed by atoms with Crippen molar-refractivity contribution >= 4 is 69.4 Å². The van der Waals surface area contributed by atoms with Crippen LogP contribution in [0.15, 0.2) is 94.7 Å². The molecule has 0 radical (unpaired) electrons. The number of carbonyl (C=O) groups is 6. The maximum atomic E-state index is 14.6. The van der Waals surface area contributed by atoms with Crippen LogP contribution in [0.3, 0.4) is 0 Å². The summed E-state index contributed by atoms with van der Waals surface area (Å²) < 4.78 is 82.2. The molecule has 7 heterocycles. The highest BCUT2D eigenvalue weighted by Gasteiger charge is 2.53. The number of amides is 3. The highest BCUT2D eigenvalue weighted by atomic mass is 16.6. The minimum Gasteiger partial charge on any atom is -0.460 e. The van der Waals surface area contributed by atoms with Crippen LogP contribution >= 0.6 is 0 Å². The zero-order valence-electron chi connectivity index (χ0n) is 74.2. The van der Waals surface area contributed by atoms with E-state index in [4.69, 9.17) is 88.3 Å². The van der Waals surface area contributed by atoms with Gasteiger partial charge in [0.2, 0.25) is 11.7 Å². The second-order valence-electron chi connectivity index (χ2n) is 33.6. The van der Waals surface area contributed by atoms with E-state index in [-0.39, 0.29) is 74.7 Å². The van der Waals surface area contributed by atoms with E-state index in [2.05, 4.69) is 38.5 Å². The van der Waals surface area contributed by atoms with Gasteiger partial charge in [0.15, 0.2) is 17.0 Å². The fraction of sp³-hybridized carbons (Fsp3) is 0.648. The Balaban J connectivity index is 0.538. The molecule has 10 rings (SSSR count). The summed E-state index contributed by atoms with van der Waals surface area (Å²) in [5, 5.41) is 55.1. The molecule has 4 aliphatic heterocycles. The van der Waals surface area contributed by atoms with E-state index in [1.165, 1.54) is 19.0 Å². The van der Waals surface area contributed by atoms with E-state index in [0.717, 1.165) is 33.6 Å². The van der Waals surface area contributed by atoms with Crippen molar-refractivity contribution in [1.82, 2.24) is 39.8 Å². The minimum absolute atomic E-state index is 0.0113. The fourth-order valence-electron chi connectivity index (χ4n) is 16.8. The van der Waals surface area contributed by atoms with Gasteiger partial charge in [-0.2, -0.15) is 10.1 Å². The van der Waals surface area contributed by atoms with Gasteiger partial charge in [-0.3, -0.25) is 19.2 Å². The molecule has 3 fully saturated rings. The molecule has 35 nitrogen and oxygen atoms in total. The molecular weight excluding hydrogens is 1630 g/mol. The molecule has 2 saturated heterocycles. The first-order chi connectivity index (χ1) is 60.7. The third-order valence-electron chi connectivity index (χ3n) is 24.2. The van der Waals surface area contributed by atoms with Crippen LogP contribution in [-0.4, -0.2) is 297 Å². The number of Topliss-reactive ketones (excluding diaryl/α,β-unsaturated/α-hetero) is 2. The maximum Gasteiger partial charge on any atom is 0.407 e. The Kier molecular flexibility index (Phi) is 39.8. The van der Waals surface area contributed by atoms with Crippen molar-refractivity contribution < 1.29 is 115 Å². The number of esters is 1. The van der Waals surface area contributed by atoms with Crippen molar-refractivity contribution in [2.45, 2.75) is 211 Å². The third kappa shape index (κ3) is 29.0. The van der Waals surface area contributed by atoms with Gasteiger partial charge in [0.1, 0.15) is 53.8 Å². The molecule has 2 aromatic carbocycles. The summed E-state index contributed by atoms with van der Waals surface area (Å²) in [4.78, 5) is 99.4. The summed E-state index contributed by atoms with van der Waals surface area (Å²) in [5.74, 6) is -8.17. The van der Waals surface area contributed by atoms with Gasteiger partial charge in [-0.1, -0.05) is 82.4 Å². The lowest BCUT2D eigenvalue weighted by molar-refractivity contribution is -0.265. The number of allylic oxidation sites excluding steroid dienone is 5. The Morgan fingerprint density at radius 3 is 2.06 bits per heavy atom. The van der Waals surface area contributed by atoms with E-state index >= 15 is 0 Å². The molecule has 2 bridgehead atoms. The predicted octanol–water partition coefficient (Wildman–Crippen LogP) is 7.01. The smallest absolute Gasteiger partial charge is 0.407 e. The lowest BCUT2D eigenvalue weighted by atomic mass is 9.80. The number of ketones is 2. The van der Waals surface area contributed by atoms with E-state index in [0.29, 0.717) is 210 Å². The molecule has 16 atom stereocenters. The van der Waals surface area contributed by atoms with Crippen LogP contribution in [0.25, 0.3) is 33.4 Å². The Morgan fingerprint density at radius 1 is 0.706 bits per heavy atom. The number of aromatic nitrogens is 5. The summed E-state index contributed by atoms with van der Waals surface area (Å²) in [7, 11) is 3.09. The summed E-state index contributed by atoms with van der Waals surface area (Å²) in [6.07, 6.45) is 8.91. The third-order valence-corrected chi connectivity index (χ3v) is 24.2. The van der Waals surface area contributed by atoms with Gasteiger partial charge in [0, 0.05) is 82.6 Å². The molecule has 3 aromatic heterocycles. The molecule has 0 unspecified atom stereocenters. The number of rotatable bonds is 38. The standard InChI is InChI=1S/C91H133N11O24/c1-57-14-10-9-11-15-58(2)75(113-7)52-68-22-17-62(6)91(112,126-68)84(108)87(109)101-28-13-12-16-71(101)88(110)123-76(59(3)47-61(5)82(106)83(107)81(105)60(4)46-57)53-72(103)69(92)49-63-19-23-74(77(50-63)114-8)125-90(111)95-27-31-116-33-35-118-37-39-120-41-43-122-45-44-121-42-40-119-38-36-117-34-32-115-30-26-78(104)100-29-25-65-48-64(18-20-67(65)55-100)54-102-86-79(85(93)96-56-97-86)80(99-102)66-21-24-73-70(51-66)98-89(94)124-73/h9-11,14-15,18,20-21,24,47-48,51,56-57,59-60,62-63,68-69,71-72,74-77,82-83,103,106-107,112H,12-13,16-17,19,22-23,25-46,49-50,52-55,92H2,1-8H3,(H2,94,98)(H,95,111)(H2,93,96,97)/b11-9+,14-10+,58-15?,61-47+/t57-,59-,60-,62-,63+,68+,69-,71+,72+,74-,75+,76-,77-,82-,83+,91-/m1/s1. The second-order valence-corrected chi connectivity index (χ2v) is 33.6. The van der Waals surface area contributed by atoms with Crippen LogP contribution in [0.2, 0.25) is 0 Å². The van der Waals surface area contributed by atoms with Gasteiger partial charge in [0.25, 0.3) is 17.7 Å². The van der Waals surface area contributed by atoms with Crippen LogP contribution in [-0.2, 0) is 105 Å². The Morgan fingerprint density at radius 2 is 1.38 bits per heavy atom. The average molecular weight is 1770 g/mol. The first-order valence-electron chi connectivity index (χ1n) is 44.4. The van der Waals surface area contributed by atoms with Gasteiger partial charge < -0.3 is 119 Å². The normalized spacial score (nSPS) is 26.8. The largest absolute Gasteiger partial charge is 0.460 e. The zero-order valence-corrected chi connectivity index (χ0v) is 74.2. The SMILES string of the molecule is CO[C@H]1C[C@@H]2CC[C@@H](C)[C@@](O)(O2)C(=O)C(=O)N2CCCC[C@H]2C(=O)O[C@H](C[C@H](O)[C@H](N)C[C@@H]2CC[C@@H](OC(=O)NCCOCCOCCOCCOCCOCCOCCOCCOCCC(=O)N3CCc4cc(Cn5nc(-c6ccc7oc(N)nc7c6)c6c(N)ncnc65)ccc4C3)[C@H](OC)C2)[C@H](C)/C=C(\C)[C@@H](O)[C@@H](O)C(=O)[C@H](C)C[C@H](C)/C=C/C=C/C=C1C. The molecule has 1 aliphatic carbocycles. The quantitative estimate of drug-likeness (QED) is 0.00852. The van der Waals surface area contributed by atoms with Crippen LogP contribution in [0.1, 0.15) is 142 Å². The Hall–Kier alpha value is -8.60. The van der Waals surface area contributed by atoms with Crippen LogP contribution in [0.4, 0.5) is 16.6 Å². The molecule has 3 amide bonds. The number of nitrogens with two attached hydrogens (primary N) is 3. The van der Waals surface area contributed by atoms with Crippen molar-refractivity contribution in [2.24, 2.45) is 35.3 Å². The number of hydrogen-bond acceptors (Lipinski definition) is 31. The van der Waals surface area contributed by atoms with Crippen molar-refractivity contribution in [3.8, 4) is 11.3 Å². The second kappa shape index (κ2) is 50.4. The van der Waals surface area contributed by atoms with Crippen LogP contribution in [0.5, 0.6) is 0 Å². The minimum atomic E-state index is -2.50. The highest BCUT2D eigenvalue weighted by Crippen LogP contribution is 2.39. The number of aliphatic hydroxyl groups excluding tert-OH is 3. The molecule has 126 heavy (non-hydrogen) atoms. The number of methoxy groups -OCH3 is 2. The van der Waals surface area contributed by atoms with E-state index in [1.54, 1.807) is 46.9 Å². The lowest BCUT2D eigenvalue weighted by Gasteiger charge is -2.42. The molecule has 696 valence electrons. The number of nitrogens with one attached hydrogen (secondary N) is 1. The number of fused-ring (bicyclic) bond motifs is 6. The number of anilines is 2. The monoisotopic (exact) mass is 1760 g/mol. The average Bonchev–Trinajstić information content (AvgIpc) is 1.42. The fourth-order valence-corrected chi connectivity index (χ4v) is 16.8. The number of aliphatic hydroxyl groups is 4. The number of nitrogens with zero attached hydrogens (tertiary/aromatic N) is 7. The van der Waals surface area contributed by atoms with Crippen molar-refractivity contribution in [1.29, 1.82) is 0 Å². The molecule has 0 spiro atoms. The molecular formula is C91H133N11O24. The summed E-state index contributed by atoms with van der Waals surface area (Å²) in [6, 6.07) is 9.79. The number of cyclic esters (lactones) is 1. The first-order valence-corrected chi connectivity index (χ1v) is 44.4. The number of ether oxygens (including phenoxy) is 13. The maximum absolute atomic E-state index is 14.6. The van der Waals surface area contributed by atoms with E-state index in [9.17, 15) is 49.2 Å². The number of carbonyl (C=O) groups excluding carboxylic acids is 6. The number of hydrogen-bond donors (Lipinski definition) is 8. The van der Waals surface area contributed by atoms with Crippen LogP contribution < -0.4 is 22.5 Å². The topological polar surface area (TPSA) is 470 Å². The highest BCUT2D eigenvalue weighted by molar-refractivity contribution is 6.39. The molecule has 11 N–H and O–H groups in total. The molecule has 5 aliphatic rings. The van der Waals surface area contributed by atoms with Crippen LogP contribution in [0, 0.1) is 29.6 Å². The van der Waals surface area contributed by atoms with Gasteiger partial charge >= 0.3 is 12.1 Å². The Labute approximate surface area is 737 Å².